The van der Waals surface area contributed by atoms with Crippen molar-refractivity contribution >= 4 is 17.3 Å². The summed E-state index contributed by atoms with van der Waals surface area (Å²) in [5.41, 5.74) is 6.28. The topological polar surface area (TPSA) is 64.3 Å². The summed E-state index contributed by atoms with van der Waals surface area (Å²) in [4.78, 5) is 11.9. The van der Waals surface area contributed by atoms with Crippen LogP contribution >= 0.6 is 0 Å². The van der Waals surface area contributed by atoms with Gasteiger partial charge in [-0.25, -0.2) is 4.39 Å². The molecule has 19 heavy (non-hydrogen) atoms. The van der Waals surface area contributed by atoms with E-state index < -0.39 is 5.82 Å². The summed E-state index contributed by atoms with van der Waals surface area (Å²) in [5, 5.41) is 2.68. The van der Waals surface area contributed by atoms with Crippen LogP contribution in [0.3, 0.4) is 0 Å². The van der Waals surface area contributed by atoms with Gasteiger partial charge in [-0.3, -0.25) is 4.79 Å². The minimum absolute atomic E-state index is 0.0534. The lowest BCUT2D eigenvalue weighted by atomic mass is 10.1. The molecule has 0 spiro atoms. The first-order chi connectivity index (χ1) is 9.10. The third-order valence-electron chi connectivity index (χ3n) is 2.61. The summed E-state index contributed by atoms with van der Waals surface area (Å²) in [6, 6.07) is 10.7. The Kier molecular flexibility index (Phi) is 3.66. The number of carbonyl (C=O) groups excluding carboxylic acids is 1. The van der Waals surface area contributed by atoms with Crippen molar-refractivity contribution in [2.45, 2.75) is 0 Å². The van der Waals surface area contributed by atoms with Crippen LogP contribution < -0.4 is 15.8 Å². The number of nitrogen functional groups attached to an aromatic ring is 1. The Hall–Kier alpha value is -2.56. The fourth-order valence-electron chi connectivity index (χ4n) is 1.56. The van der Waals surface area contributed by atoms with Gasteiger partial charge in [-0.1, -0.05) is 0 Å². The van der Waals surface area contributed by atoms with Gasteiger partial charge in [0.05, 0.1) is 12.8 Å². The van der Waals surface area contributed by atoms with E-state index in [0.29, 0.717) is 17.0 Å². The number of methoxy groups -OCH3 is 1. The molecule has 4 nitrogen and oxygen atoms in total. The van der Waals surface area contributed by atoms with Crippen LogP contribution in [0.25, 0.3) is 0 Å². The number of anilines is 2. The van der Waals surface area contributed by atoms with Gasteiger partial charge in [-0.05, 0) is 42.5 Å². The lowest BCUT2D eigenvalue weighted by Crippen LogP contribution is -2.12. The number of hydrogen-bond donors (Lipinski definition) is 2. The van der Waals surface area contributed by atoms with Crippen molar-refractivity contribution in [1.82, 2.24) is 0 Å². The number of amides is 1. The fraction of sp³-hybridized carbons (Fsp3) is 0.0714. The van der Waals surface area contributed by atoms with Gasteiger partial charge in [-0.15, -0.1) is 0 Å². The average molecular weight is 260 g/mol. The molecule has 0 aliphatic carbocycles. The van der Waals surface area contributed by atoms with Crippen LogP contribution in [0.4, 0.5) is 15.8 Å². The molecule has 0 fully saturated rings. The van der Waals surface area contributed by atoms with Crippen molar-refractivity contribution < 1.29 is 13.9 Å². The van der Waals surface area contributed by atoms with Crippen molar-refractivity contribution in [1.29, 1.82) is 0 Å². The number of nitrogens with two attached hydrogens (primary N) is 1. The average Bonchev–Trinajstić information content (AvgIpc) is 2.42. The molecule has 0 radical (unpaired) electrons. The molecule has 98 valence electrons. The molecule has 1 amide bonds. The van der Waals surface area contributed by atoms with Gasteiger partial charge in [0.1, 0.15) is 11.6 Å². The summed E-state index contributed by atoms with van der Waals surface area (Å²) in [6.07, 6.45) is 0. The molecule has 0 atom stereocenters. The Morgan fingerprint density at radius 1 is 1.21 bits per heavy atom. The predicted octanol–water partition coefficient (Wildman–Crippen LogP) is 2.67. The summed E-state index contributed by atoms with van der Waals surface area (Å²) in [7, 11) is 1.56. The van der Waals surface area contributed by atoms with Gasteiger partial charge in [0.15, 0.2) is 0 Å². The number of nitrogens with one attached hydrogen (secondary N) is 1. The molecule has 0 aliphatic heterocycles. The largest absolute Gasteiger partial charge is 0.497 e. The Labute approximate surface area is 110 Å². The second kappa shape index (κ2) is 5.39. The minimum Gasteiger partial charge on any atom is -0.497 e. The number of ether oxygens (including phenoxy) is 1. The molecule has 5 heteroatoms. The van der Waals surface area contributed by atoms with Crippen molar-refractivity contribution in [2.24, 2.45) is 0 Å². The molecule has 0 bridgehead atoms. The standard InChI is InChI=1S/C14H13FN2O2/c1-19-11-5-3-10(4-6-11)17-14(18)9-2-7-12(15)13(16)8-9/h2-8H,16H2,1H3,(H,17,18). The SMILES string of the molecule is COc1ccc(NC(=O)c2ccc(F)c(N)c2)cc1. The van der Waals surface area contributed by atoms with E-state index in [1.807, 2.05) is 0 Å². The molecular weight excluding hydrogens is 247 g/mol. The van der Waals surface area contributed by atoms with Gasteiger partial charge >= 0.3 is 0 Å². The third kappa shape index (κ3) is 3.01. The maximum absolute atomic E-state index is 13.0. The highest BCUT2D eigenvalue weighted by atomic mass is 19.1. The summed E-state index contributed by atoms with van der Waals surface area (Å²) >= 11 is 0. The Morgan fingerprint density at radius 3 is 2.47 bits per heavy atom. The second-order valence-electron chi connectivity index (χ2n) is 3.92. The molecule has 0 saturated heterocycles. The van der Waals surface area contributed by atoms with E-state index in [2.05, 4.69) is 5.32 Å². The first-order valence-corrected chi connectivity index (χ1v) is 5.60. The van der Waals surface area contributed by atoms with E-state index >= 15 is 0 Å². The van der Waals surface area contributed by atoms with E-state index in [-0.39, 0.29) is 11.6 Å². The van der Waals surface area contributed by atoms with E-state index in [9.17, 15) is 9.18 Å². The molecular formula is C14H13FN2O2. The highest BCUT2D eigenvalue weighted by Crippen LogP contribution is 2.17. The van der Waals surface area contributed by atoms with Gasteiger partial charge in [0.2, 0.25) is 0 Å². The molecule has 2 aromatic rings. The van der Waals surface area contributed by atoms with Crippen molar-refractivity contribution in [3.63, 3.8) is 0 Å². The highest BCUT2D eigenvalue weighted by molar-refractivity contribution is 6.04. The van der Waals surface area contributed by atoms with E-state index in [1.165, 1.54) is 12.1 Å². The van der Waals surface area contributed by atoms with E-state index in [1.54, 1.807) is 31.4 Å². The second-order valence-corrected chi connectivity index (χ2v) is 3.92. The molecule has 3 N–H and O–H groups in total. The molecule has 0 aliphatic rings. The number of benzene rings is 2. The molecule has 2 rings (SSSR count). The van der Waals surface area contributed by atoms with Gasteiger partial charge < -0.3 is 15.8 Å². The van der Waals surface area contributed by atoms with Crippen molar-refractivity contribution in [3.8, 4) is 5.75 Å². The van der Waals surface area contributed by atoms with Gasteiger partial charge in [0.25, 0.3) is 5.91 Å². The van der Waals surface area contributed by atoms with Crippen molar-refractivity contribution in [3.05, 3.63) is 53.8 Å². The van der Waals surface area contributed by atoms with E-state index in [0.717, 1.165) is 6.07 Å². The minimum atomic E-state index is -0.541. The van der Waals surface area contributed by atoms with Gasteiger partial charge in [-0.2, -0.15) is 0 Å². The normalized spacial score (nSPS) is 10.0. The first kappa shape index (κ1) is 12.9. The lowest BCUT2D eigenvalue weighted by molar-refractivity contribution is 0.102. The van der Waals surface area contributed by atoms with Crippen LogP contribution in [0.15, 0.2) is 42.5 Å². The monoisotopic (exact) mass is 260 g/mol. The number of carbonyl (C=O) groups is 1. The Morgan fingerprint density at radius 2 is 1.89 bits per heavy atom. The third-order valence-corrected chi connectivity index (χ3v) is 2.61. The molecule has 0 heterocycles. The van der Waals surface area contributed by atoms with Crippen LogP contribution in [0, 0.1) is 5.82 Å². The number of halogens is 1. The zero-order valence-electron chi connectivity index (χ0n) is 10.3. The molecule has 0 unspecified atom stereocenters. The number of rotatable bonds is 3. The van der Waals surface area contributed by atoms with E-state index in [4.69, 9.17) is 10.5 Å². The summed E-state index contributed by atoms with van der Waals surface area (Å²) in [5.74, 6) is -0.193. The van der Waals surface area contributed by atoms with Crippen LogP contribution in [0.1, 0.15) is 10.4 Å². The lowest BCUT2D eigenvalue weighted by Gasteiger charge is -2.07. The number of hydrogen-bond acceptors (Lipinski definition) is 3. The smallest absolute Gasteiger partial charge is 0.255 e. The van der Waals surface area contributed by atoms with Crippen LogP contribution in [-0.4, -0.2) is 13.0 Å². The maximum atomic E-state index is 13.0. The quantitative estimate of drug-likeness (QED) is 0.834. The summed E-state index contributed by atoms with van der Waals surface area (Å²) < 4.78 is 18.0. The Balaban J connectivity index is 2.13. The summed E-state index contributed by atoms with van der Waals surface area (Å²) in [6.45, 7) is 0. The van der Waals surface area contributed by atoms with Crippen molar-refractivity contribution in [2.75, 3.05) is 18.2 Å². The highest BCUT2D eigenvalue weighted by Gasteiger charge is 2.08. The molecule has 0 aromatic heterocycles. The Bertz CT molecular complexity index is 597. The molecule has 0 saturated carbocycles. The zero-order valence-corrected chi connectivity index (χ0v) is 10.3. The van der Waals surface area contributed by atoms with Crippen LogP contribution in [0.2, 0.25) is 0 Å². The molecule has 2 aromatic carbocycles. The van der Waals surface area contributed by atoms with Crippen LogP contribution in [0.5, 0.6) is 5.75 Å². The van der Waals surface area contributed by atoms with Crippen LogP contribution in [-0.2, 0) is 0 Å². The predicted molar refractivity (Wildman–Crippen MR) is 71.8 cm³/mol. The van der Waals surface area contributed by atoms with Gasteiger partial charge in [0, 0.05) is 11.3 Å². The maximum Gasteiger partial charge on any atom is 0.255 e. The zero-order chi connectivity index (χ0) is 13.8. The first-order valence-electron chi connectivity index (χ1n) is 5.60. The fourth-order valence-corrected chi connectivity index (χ4v) is 1.56.